The molecule has 0 atom stereocenters. The summed E-state index contributed by atoms with van der Waals surface area (Å²) in [5, 5.41) is 3.57. The van der Waals surface area contributed by atoms with Gasteiger partial charge in [-0.2, -0.15) is 0 Å². The van der Waals surface area contributed by atoms with Crippen LogP contribution in [0, 0.1) is 6.92 Å². The van der Waals surface area contributed by atoms with Crippen LogP contribution in [0.4, 0.5) is 0 Å². The molecule has 1 fully saturated rings. The van der Waals surface area contributed by atoms with Gasteiger partial charge in [0.1, 0.15) is 0 Å². The fourth-order valence-electron chi connectivity index (χ4n) is 2.30. The van der Waals surface area contributed by atoms with E-state index in [0.717, 1.165) is 19.0 Å². The minimum absolute atomic E-state index is 0.767. The average molecular weight is 252 g/mol. The Bertz CT molecular complexity index is 544. The lowest BCUT2D eigenvalue weighted by molar-refractivity contribution is 0.687. The number of hydrogen-bond acceptors (Lipinski definition) is 2. The number of benzene rings is 1. The Morgan fingerprint density at radius 2 is 2.11 bits per heavy atom. The maximum atomic E-state index is 4.19. The van der Waals surface area contributed by atoms with Crippen LogP contribution in [0.2, 0.25) is 0 Å². The first kappa shape index (κ1) is 12.4. The number of pyridine rings is 1. The maximum absolute atomic E-state index is 4.19. The van der Waals surface area contributed by atoms with Crippen LogP contribution in [0.15, 0.2) is 42.7 Å². The Morgan fingerprint density at radius 1 is 1.21 bits per heavy atom. The van der Waals surface area contributed by atoms with Gasteiger partial charge in [-0.25, -0.2) is 0 Å². The molecule has 0 saturated heterocycles. The van der Waals surface area contributed by atoms with Gasteiger partial charge in [0.05, 0.1) is 0 Å². The SMILES string of the molecule is Cc1ccc(CNC2CC2)cc1Cc1cccnc1. The highest BCUT2D eigenvalue weighted by Crippen LogP contribution is 2.20. The van der Waals surface area contributed by atoms with Crippen LogP contribution in [0.1, 0.15) is 35.1 Å². The molecule has 1 heterocycles. The third kappa shape index (κ3) is 3.42. The Morgan fingerprint density at radius 3 is 2.84 bits per heavy atom. The van der Waals surface area contributed by atoms with Gasteiger partial charge in [0.15, 0.2) is 0 Å². The molecule has 0 spiro atoms. The predicted octanol–water partition coefficient (Wildman–Crippen LogP) is 3.23. The number of aromatic nitrogens is 1. The molecule has 0 amide bonds. The van der Waals surface area contributed by atoms with Crippen molar-refractivity contribution in [2.45, 2.75) is 38.8 Å². The molecular formula is C17H20N2. The number of nitrogens with zero attached hydrogens (tertiary/aromatic N) is 1. The topological polar surface area (TPSA) is 24.9 Å². The molecule has 2 aromatic rings. The molecule has 2 nitrogen and oxygen atoms in total. The van der Waals surface area contributed by atoms with Gasteiger partial charge in [0, 0.05) is 25.0 Å². The Kier molecular flexibility index (Phi) is 3.60. The first-order chi connectivity index (χ1) is 9.31. The first-order valence-electron chi connectivity index (χ1n) is 7.02. The van der Waals surface area contributed by atoms with Gasteiger partial charge < -0.3 is 5.32 Å². The van der Waals surface area contributed by atoms with E-state index in [-0.39, 0.29) is 0 Å². The quantitative estimate of drug-likeness (QED) is 0.883. The molecule has 0 radical (unpaired) electrons. The second kappa shape index (κ2) is 5.54. The largest absolute Gasteiger partial charge is 0.310 e. The summed E-state index contributed by atoms with van der Waals surface area (Å²) in [4.78, 5) is 4.19. The number of hydrogen-bond donors (Lipinski definition) is 1. The summed E-state index contributed by atoms with van der Waals surface area (Å²) in [5.41, 5.74) is 5.43. The van der Waals surface area contributed by atoms with E-state index in [1.165, 1.54) is 35.1 Å². The second-order valence-corrected chi connectivity index (χ2v) is 5.45. The second-order valence-electron chi connectivity index (χ2n) is 5.45. The van der Waals surface area contributed by atoms with Crippen molar-refractivity contribution in [1.29, 1.82) is 0 Å². The summed E-state index contributed by atoms with van der Waals surface area (Å²) in [6.45, 7) is 3.18. The smallest absolute Gasteiger partial charge is 0.0303 e. The maximum Gasteiger partial charge on any atom is 0.0303 e. The molecule has 0 aliphatic heterocycles. The van der Waals surface area contributed by atoms with Crippen molar-refractivity contribution in [3.8, 4) is 0 Å². The molecule has 2 heteroatoms. The van der Waals surface area contributed by atoms with E-state index >= 15 is 0 Å². The predicted molar refractivity (Wildman–Crippen MR) is 78.1 cm³/mol. The zero-order valence-corrected chi connectivity index (χ0v) is 11.4. The summed E-state index contributed by atoms with van der Waals surface area (Å²) in [7, 11) is 0. The lowest BCUT2D eigenvalue weighted by Crippen LogP contribution is -2.15. The molecule has 3 rings (SSSR count). The number of rotatable bonds is 5. The molecule has 1 aromatic heterocycles. The van der Waals surface area contributed by atoms with Crippen LogP contribution in [-0.2, 0) is 13.0 Å². The van der Waals surface area contributed by atoms with Crippen molar-refractivity contribution in [3.05, 3.63) is 65.0 Å². The molecule has 1 aliphatic rings. The van der Waals surface area contributed by atoms with E-state index in [9.17, 15) is 0 Å². The molecule has 98 valence electrons. The molecule has 1 aliphatic carbocycles. The van der Waals surface area contributed by atoms with E-state index in [0.29, 0.717) is 0 Å². The molecule has 1 saturated carbocycles. The van der Waals surface area contributed by atoms with E-state index in [1.54, 1.807) is 0 Å². The monoisotopic (exact) mass is 252 g/mol. The number of aryl methyl sites for hydroxylation is 1. The third-order valence-corrected chi connectivity index (χ3v) is 3.70. The molecule has 1 N–H and O–H groups in total. The summed E-state index contributed by atoms with van der Waals surface area (Å²) in [5.74, 6) is 0. The Hall–Kier alpha value is -1.67. The Labute approximate surface area is 114 Å². The van der Waals surface area contributed by atoms with Crippen LogP contribution in [0.5, 0.6) is 0 Å². The summed E-state index contributed by atoms with van der Waals surface area (Å²) >= 11 is 0. The van der Waals surface area contributed by atoms with Crippen molar-refractivity contribution < 1.29 is 0 Å². The van der Waals surface area contributed by atoms with Gasteiger partial charge >= 0.3 is 0 Å². The van der Waals surface area contributed by atoms with Crippen LogP contribution >= 0.6 is 0 Å². The van der Waals surface area contributed by atoms with E-state index in [2.05, 4.69) is 41.5 Å². The fourth-order valence-corrected chi connectivity index (χ4v) is 2.30. The van der Waals surface area contributed by atoms with Crippen LogP contribution in [0.25, 0.3) is 0 Å². The molecule has 0 unspecified atom stereocenters. The van der Waals surface area contributed by atoms with Crippen LogP contribution in [-0.4, -0.2) is 11.0 Å². The standard InChI is InChI=1S/C17H20N2/c1-13-4-5-15(12-19-17-6-7-17)10-16(13)9-14-3-2-8-18-11-14/h2-5,8,10-11,17,19H,6-7,9,12H2,1H3. The number of nitrogens with one attached hydrogen (secondary N) is 1. The average Bonchev–Trinajstić information content (AvgIpc) is 3.25. The van der Waals surface area contributed by atoms with Crippen molar-refractivity contribution >= 4 is 0 Å². The van der Waals surface area contributed by atoms with Gasteiger partial charge in [-0.15, -0.1) is 0 Å². The van der Waals surface area contributed by atoms with Gasteiger partial charge in [-0.3, -0.25) is 4.98 Å². The lowest BCUT2D eigenvalue weighted by atomic mass is 9.99. The van der Waals surface area contributed by atoms with Gasteiger partial charge in [-0.05, 0) is 54.5 Å². The van der Waals surface area contributed by atoms with Gasteiger partial charge in [-0.1, -0.05) is 24.3 Å². The van der Waals surface area contributed by atoms with Crippen molar-refractivity contribution in [2.24, 2.45) is 0 Å². The Balaban J connectivity index is 1.73. The van der Waals surface area contributed by atoms with Crippen molar-refractivity contribution in [2.75, 3.05) is 0 Å². The minimum atomic E-state index is 0.767. The highest BCUT2D eigenvalue weighted by atomic mass is 14.9. The molecule has 19 heavy (non-hydrogen) atoms. The fraction of sp³-hybridized carbons (Fsp3) is 0.353. The minimum Gasteiger partial charge on any atom is -0.310 e. The first-order valence-corrected chi connectivity index (χ1v) is 7.02. The molecular weight excluding hydrogens is 232 g/mol. The van der Waals surface area contributed by atoms with Gasteiger partial charge in [0.25, 0.3) is 0 Å². The third-order valence-electron chi connectivity index (χ3n) is 3.70. The normalized spacial score (nSPS) is 14.6. The summed E-state index contributed by atoms with van der Waals surface area (Å²) < 4.78 is 0. The lowest BCUT2D eigenvalue weighted by Gasteiger charge is -2.10. The molecule has 0 bridgehead atoms. The summed E-state index contributed by atoms with van der Waals surface area (Å²) in [6, 6.07) is 11.7. The van der Waals surface area contributed by atoms with E-state index < -0.39 is 0 Å². The van der Waals surface area contributed by atoms with E-state index in [4.69, 9.17) is 0 Å². The van der Waals surface area contributed by atoms with Crippen LogP contribution < -0.4 is 5.32 Å². The summed E-state index contributed by atoms with van der Waals surface area (Å²) in [6.07, 6.45) is 7.43. The highest BCUT2D eigenvalue weighted by Gasteiger charge is 2.19. The van der Waals surface area contributed by atoms with Gasteiger partial charge in [0.2, 0.25) is 0 Å². The zero-order chi connectivity index (χ0) is 13.1. The molecule has 1 aromatic carbocycles. The van der Waals surface area contributed by atoms with E-state index in [1.807, 2.05) is 18.5 Å². The zero-order valence-electron chi connectivity index (χ0n) is 11.4. The van der Waals surface area contributed by atoms with Crippen LogP contribution in [0.3, 0.4) is 0 Å². The van der Waals surface area contributed by atoms with Crippen molar-refractivity contribution in [3.63, 3.8) is 0 Å². The van der Waals surface area contributed by atoms with Crippen molar-refractivity contribution in [1.82, 2.24) is 10.3 Å². The highest BCUT2D eigenvalue weighted by molar-refractivity contribution is 5.34.